The number of nitrogens with zero attached hydrogens (tertiary/aromatic N) is 5. The van der Waals surface area contributed by atoms with Gasteiger partial charge in [-0.15, -0.1) is 0 Å². The maximum atomic E-state index is 12.8. The van der Waals surface area contributed by atoms with Crippen LogP contribution in [0.15, 0.2) is 47.3 Å². The fourth-order valence-electron chi connectivity index (χ4n) is 2.95. The zero-order chi connectivity index (χ0) is 17.9. The first-order valence-electron chi connectivity index (χ1n) is 8.34. The van der Waals surface area contributed by atoms with Crippen molar-refractivity contribution < 1.29 is 9.53 Å². The lowest BCUT2D eigenvalue weighted by molar-refractivity contribution is 0.0510. The minimum Gasteiger partial charge on any atom is -0.458 e. The van der Waals surface area contributed by atoms with Crippen LogP contribution in [-0.4, -0.2) is 49.9 Å². The van der Waals surface area contributed by atoms with Gasteiger partial charge in [0.25, 0.3) is 5.91 Å². The van der Waals surface area contributed by atoms with E-state index in [0.29, 0.717) is 30.3 Å². The highest BCUT2D eigenvalue weighted by Crippen LogP contribution is 2.18. The molecule has 3 aromatic rings. The second-order valence-electron chi connectivity index (χ2n) is 6.06. The SMILES string of the molecule is O=C(c1cnc2ccccc2n1)N1CCCC(Oc2ncc(Br)cn2)C1. The van der Waals surface area contributed by atoms with Gasteiger partial charge in [-0.05, 0) is 40.9 Å². The lowest BCUT2D eigenvalue weighted by atomic mass is 10.1. The molecule has 0 bridgehead atoms. The highest BCUT2D eigenvalue weighted by atomic mass is 79.9. The Kier molecular flexibility index (Phi) is 4.75. The van der Waals surface area contributed by atoms with E-state index in [2.05, 4.69) is 35.9 Å². The molecule has 3 heterocycles. The number of carbonyl (C=O) groups excluding carboxylic acids is 1. The summed E-state index contributed by atoms with van der Waals surface area (Å²) in [7, 11) is 0. The van der Waals surface area contributed by atoms with E-state index in [1.165, 1.54) is 6.20 Å². The van der Waals surface area contributed by atoms with Gasteiger partial charge in [-0.1, -0.05) is 12.1 Å². The zero-order valence-corrected chi connectivity index (χ0v) is 15.5. The number of aromatic nitrogens is 4. The van der Waals surface area contributed by atoms with Crippen LogP contribution < -0.4 is 4.74 Å². The number of hydrogen-bond acceptors (Lipinski definition) is 6. The van der Waals surface area contributed by atoms with E-state index in [-0.39, 0.29) is 12.0 Å². The van der Waals surface area contributed by atoms with E-state index in [4.69, 9.17) is 4.74 Å². The smallest absolute Gasteiger partial charge is 0.316 e. The molecule has 1 aromatic carbocycles. The molecule has 1 fully saturated rings. The highest BCUT2D eigenvalue weighted by molar-refractivity contribution is 9.10. The van der Waals surface area contributed by atoms with Crippen molar-refractivity contribution in [3.8, 4) is 6.01 Å². The number of para-hydroxylation sites is 2. The molecule has 26 heavy (non-hydrogen) atoms. The molecule has 132 valence electrons. The topological polar surface area (TPSA) is 81.1 Å². The van der Waals surface area contributed by atoms with Crippen molar-refractivity contribution in [2.24, 2.45) is 0 Å². The zero-order valence-electron chi connectivity index (χ0n) is 13.9. The van der Waals surface area contributed by atoms with Crippen LogP contribution in [0.2, 0.25) is 0 Å². The van der Waals surface area contributed by atoms with E-state index in [0.717, 1.165) is 22.8 Å². The molecule has 0 N–H and O–H groups in total. The van der Waals surface area contributed by atoms with Crippen LogP contribution >= 0.6 is 15.9 Å². The molecule has 0 radical (unpaired) electrons. The molecule has 1 aliphatic rings. The van der Waals surface area contributed by atoms with Crippen LogP contribution in [0.5, 0.6) is 6.01 Å². The van der Waals surface area contributed by atoms with Gasteiger partial charge in [-0.25, -0.2) is 15.0 Å². The van der Waals surface area contributed by atoms with E-state index in [1.54, 1.807) is 17.3 Å². The van der Waals surface area contributed by atoms with Gasteiger partial charge >= 0.3 is 6.01 Å². The first kappa shape index (κ1) is 16.8. The van der Waals surface area contributed by atoms with Crippen molar-refractivity contribution in [2.45, 2.75) is 18.9 Å². The number of piperidine rings is 1. The molecule has 1 atom stereocenters. The lowest BCUT2D eigenvalue weighted by Crippen LogP contribution is -2.44. The summed E-state index contributed by atoms with van der Waals surface area (Å²) in [6.07, 6.45) is 6.38. The molecule has 0 saturated carbocycles. The Hall–Kier alpha value is -2.61. The van der Waals surface area contributed by atoms with Crippen molar-refractivity contribution in [2.75, 3.05) is 13.1 Å². The van der Waals surface area contributed by atoms with Crippen LogP contribution in [0.3, 0.4) is 0 Å². The largest absolute Gasteiger partial charge is 0.458 e. The third-order valence-corrected chi connectivity index (χ3v) is 4.61. The van der Waals surface area contributed by atoms with Crippen molar-refractivity contribution in [3.05, 3.63) is 53.0 Å². The predicted molar refractivity (Wildman–Crippen MR) is 98.8 cm³/mol. The number of halogens is 1. The first-order valence-corrected chi connectivity index (χ1v) is 9.13. The van der Waals surface area contributed by atoms with Crippen LogP contribution in [0.4, 0.5) is 0 Å². The van der Waals surface area contributed by atoms with Gasteiger partial charge in [0.05, 0.1) is 28.2 Å². The second-order valence-corrected chi connectivity index (χ2v) is 6.98. The normalized spacial score (nSPS) is 17.3. The Bertz CT molecular complexity index is 934. The van der Waals surface area contributed by atoms with E-state index < -0.39 is 0 Å². The monoisotopic (exact) mass is 413 g/mol. The molecular weight excluding hydrogens is 398 g/mol. The van der Waals surface area contributed by atoms with Crippen molar-refractivity contribution >= 4 is 32.9 Å². The number of ether oxygens (including phenoxy) is 1. The number of benzene rings is 1. The summed E-state index contributed by atoms with van der Waals surface area (Å²) in [6, 6.07) is 7.83. The van der Waals surface area contributed by atoms with Gasteiger partial charge in [-0.3, -0.25) is 9.78 Å². The maximum Gasteiger partial charge on any atom is 0.316 e. The number of fused-ring (bicyclic) bond motifs is 1. The highest BCUT2D eigenvalue weighted by Gasteiger charge is 2.27. The summed E-state index contributed by atoms with van der Waals surface area (Å²) in [5.41, 5.74) is 1.84. The van der Waals surface area contributed by atoms with Gasteiger partial charge in [-0.2, -0.15) is 0 Å². The summed E-state index contributed by atoms with van der Waals surface area (Å²) >= 11 is 3.30. The molecule has 0 aliphatic carbocycles. The molecule has 1 unspecified atom stereocenters. The van der Waals surface area contributed by atoms with Crippen molar-refractivity contribution in [3.63, 3.8) is 0 Å². The Morgan fingerprint density at radius 3 is 2.69 bits per heavy atom. The van der Waals surface area contributed by atoms with Crippen LogP contribution in [0.1, 0.15) is 23.3 Å². The number of carbonyl (C=O) groups is 1. The minimum absolute atomic E-state index is 0.131. The average molecular weight is 414 g/mol. The fraction of sp³-hybridized carbons (Fsp3) is 0.278. The number of amides is 1. The molecule has 4 rings (SSSR count). The summed E-state index contributed by atoms with van der Waals surface area (Å²) in [4.78, 5) is 31.6. The number of rotatable bonds is 3. The summed E-state index contributed by atoms with van der Waals surface area (Å²) < 4.78 is 6.62. The van der Waals surface area contributed by atoms with Gasteiger partial charge in [0.15, 0.2) is 0 Å². The molecule has 8 heteroatoms. The summed E-state index contributed by atoms with van der Waals surface area (Å²) in [6.45, 7) is 1.15. The molecule has 7 nitrogen and oxygen atoms in total. The third-order valence-electron chi connectivity index (χ3n) is 4.20. The second kappa shape index (κ2) is 7.33. The molecule has 2 aromatic heterocycles. The van der Waals surface area contributed by atoms with E-state index in [9.17, 15) is 4.79 Å². The standard InChI is InChI=1S/C18H16BrN5O2/c19-12-8-21-18(22-9-12)26-13-4-3-7-24(11-13)17(25)16-10-20-14-5-1-2-6-15(14)23-16/h1-2,5-6,8-10,13H,3-4,7,11H2. The quantitative estimate of drug-likeness (QED) is 0.656. The Balaban J connectivity index is 1.47. The Morgan fingerprint density at radius 2 is 1.88 bits per heavy atom. The van der Waals surface area contributed by atoms with E-state index in [1.807, 2.05) is 24.3 Å². The van der Waals surface area contributed by atoms with Crippen molar-refractivity contribution in [1.29, 1.82) is 0 Å². The average Bonchev–Trinajstić information content (AvgIpc) is 2.69. The maximum absolute atomic E-state index is 12.8. The predicted octanol–water partition coefficient (Wildman–Crippen LogP) is 2.87. The minimum atomic E-state index is -0.137. The molecular formula is C18H16BrN5O2. The molecule has 0 spiro atoms. The lowest BCUT2D eigenvalue weighted by Gasteiger charge is -2.32. The molecule has 1 saturated heterocycles. The molecule has 1 aliphatic heterocycles. The Labute approximate surface area is 158 Å². The molecule has 1 amide bonds. The Morgan fingerprint density at radius 1 is 1.12 bits per heavy atom. The fourth-order valence-corrected chi connectivity index (χ4v) is 3.16. The van der Waals surface area contributed by atoms with Gasteiger partial charge < -0.3 is 9.64 Å². The van der Waals surface area contributed by atoms with Crippen LogP contribution in [-0.2, 0) is 0 Å². The van der Waals surface area contributed by atoms with Crippen LogP contribution in [0.25, 0.3) is 11.0 Å². The van der Waals surface area contributed by atoms with Gasteiger partial charge in [0.2, 0.25) is 0 Å². The summed E-state index contributed by atoms with van der Waals surface area (Å²) in [5, 5.41) is 0. The summed E-state index contributed by atoms with van der Waals surface area (Å²) in [5.74, 6) is -0.131. The van der Waals surface area contributed by atoms with E-state index >= 15 is 0 Å². The van der Waals surface area contributed by atoms with Crippen LogP contribution in [0, 0.1) is 0 Å². The number of likely N-dealkylation sites (tertiary alicyclic amines) is 1. The number of hydrogen-bond donors (Lipinski definition) is 0. The van der Waals surface area contributed by atoms with Gasteiger partial charge in [0, 0.05) is 18.9 Å². The van der Waals surface area contributed by atoms with Gasteiger partial charge in [0.1, 0.15) is 11.8 Å². The third kappa shape index (κ3) is 3.65. The van der Waals surface area contributed by atoms with Crippen molar-refractivity contribution in [1.82, 2.24) is 24.8 Å². The first-order chi connectivity index (χ1) is 12.7.